The SMILES string of the molecule is COc1ccc(NCC2(C)CC2)c([N+](=O)[O-])c1. The standard InChI is InChI=1S/C12H16N2O3/c1-12(5-6-12)8-13-10-4-3-9(17-2)7-11(10)14(15)16/h3-4,7,13H,5-6,8H2,1-2H3. The summed E-state index contributed by atoms with van der Waals surface area (Å²) in [7, 11) is 1.50. The molecule has 5 nitrogen and oxygen atoms in total. The van der Waals surface area contributed by atoms with Gasteiger partial charge < -0.3 is 10.1 Å². The maximum atomic E-state index is 10.9. The van der Waals surface area contributed by atoms with E-state index in [4.69, 9.17) is 4.74 Å². The zero-order chi connectivity index (χ0) is 12.5. The molecule has 0 atom stereocenters. The molecule has 92 valence electrons. The maximum Gasteiger partial charge on any atom is 0.296 e. The lowest BCUT2D eigenvalue weighted by atomic mass is 10.1. The molecule has 1 aromatic rings. The van der Waals surface area contributed by atoms with Crippen LogP contribution in [0.5, 0.6) is 5.75 Å². The molecule has 17 heavy (non-hydrogen) atoms. The third-order valence-electron chi connectivity index (χ3n) is 3.21. The first kappa shape index (κ1) is 11.7. The fraction of sp³-hybridized carbons (Fsp3) is 0.500. The molecule has 2 rings (SSSR count). The minimum absolute atomic E-state index is 0.0635. The zero-order valence-electron chi connectivity index (χ0n) is 10.0. The van der Waals surface area contributed by atoms with Gasteiger partial charge in [0.15, 0.2) is 0 Å². The van der Waals surface area contributed by atoms with Crippen molar-refractivity contribution in [3.05, 3.63) is 28.3 Å². The van der Waals surface area contributed by atoms with Gasteiger partial charge in [-0.05, 0) is 30.4 Å². The van der Waals surface area contributed by atoms with Crippen LogP contribution in [0.25, 0.3) is 0 Å². The van der Waals surface area contributed by atoms with E-state index in [1.54, 1.807) is 12.1 Å². The van der Waals surface area contributed by atoms with Gasteiger partial charge in [-0.2, -0.15) is 0 Å². The van der Waals surface area contributed by atoms with Crippen LogP contribution in [0.2, 0.25) is 0 Å². The van der Waals surface area contributed by atoms with Gasteiger partial charge in [0.1, 0.15) is 11.4 Å². The van der Waals surface area contributed by atoms with Crippen molar-refractivity contribution >= 4 is 11.4 Å². The number of ether oxygens (including phenoxy) is 1. The van der Waals surface area contributed by atoms with Gasteiger partial charge in [0.2, 0.25) is 0 Å². The van der Waals surface area contributed by atoms with Crippen LogP contribution in [-0.4, -0.2) is 18.6 Å². The third-order valence-corrected chi connectivity index (χ3v) is 3.21. The Kier molecular flexibility index (Phi) is 2.92. The second-order valence-corrected chi connectivity index (χ2v) is 4.80. The Morgan fingerprint density at radius 3 is 2.76 bits per heavy atom. The van der Waals surface area contributed by atoms with E-state index in [-0.39, 0.29) is 10.6 Å². The van der Waals surface area contributed by atoms with Crippen LogP contribution in [-0.2, 0) is 0 Å². The van der Waals surface area contributed by atoms with E-state index in [1.165, 1.54) is 26.0 Å². The van der Waals surface area contributed by atoms with E-state index in [0.29, 0.717) is 16.9 Å². The molecule has 0 spiro atoms. The molecule has 1 aliphatic carbocycles. The van der Waals surface area contributed by atoms with Crippen molar-refractivity contribution in [2.75, 3.05) is 19.0 Å². The minimum Gasteiger partial charge on any atom is -0.496 e. The van der Waals surface area contributed by atoms with Crippen LogP contribution in [0.4, 0.5) is 11.4 Å². The molecular weight excluding hydrogens is 220 g/mol. The number of nitrogens with zero attached hydrogens (tertiary/aromatic N) is 1. The zero-order valence-corrected chi connectivity index (χ0v) is 10.0. The quantitative estimate of drug-likeness (QED) is 0.630. The number of methoxy groups -OCH3 is 1. The molecule has 1 aliphatic rings. The highest BCUT2D eigenvalue weighted by atomic mass is 16.6. The number of nitro groups is 1. The summed E-state index contributed by atoms with van der Waals surface area (Å²) in [4.78, 5) is 10.6. The largest absolute Gasteiger partial charge is 0.496 e. The van der Waals surface area contributed by atoms with Gasteiger partial charge in [-0.3, -0.25) is 10.1 Å². The second-order valence-electron chi connectivity index (χ2n) is 4.80. The van der Waals surface area contributed by atoms with Gasteiger partial charge in [-0.25, -0.2) is 0 Å². The Morgan fingerprint density at radius 1 is 1.53 bits per heavy atom. The Hall–Kier alpha value is -1.78. The fourth-order valence-corrected chi connectivity index (χ4v) is 1.64. The van der Waals surface area contributed by atoms with Gasteiger partial charge in [0.05, 0.1) is 18.1 Å². The van der Waals surface area contributed by atoms with Gasteiger partial charge >= 0.3 is 0 Å². The molecule has 0 radical (unpaired) electrons. The topological polar surface area (TPSA) is 64.4 Å². The average molecular weight is 236 g/mol. The first-order valence-corrected chi connectivity index (χ1v) is 5.60. The summed E-state index contributed by atoms with van der Waals surface area (Å²) in [5, 5.41) is 14.1. The molecule has 1 fully saturated rings. The van der Waals surface area contributed by atoms with Gasteiger partial charge in [0.25, 0.3) is 5.69 Å². The molecule has 0 unspecified atom stereocenters. The van der Waals surface area contributed by atoms with Gasteiger partial charge in [-0.15, -0.1) is 0 Å². The maximum absolute atomic E-state index is 10.9. The molecule has 0 bridgehead atoms. The van der Waals surface area contributed by atoms with Crippen molar-refractivity contribution in [2.24, 2.45) is 5.41 Å². The summed E-state index contributed by atoms with van der Waals surface area (Å²) in [6.45, 7) is 2.95. The molecule has 0 amide bonds. The van der Waals surface area contributed by atoms with E-state index >= 15 is 0 Å². The number of nitro benzene ring substituents is 1. The molecule has 1 N–H and O–H groups in total. The summed E-state index contributed by atoms with van der Waals surface area (Å²) >= 11 is 0. The van der Waals surface area contributed by atoms with Crippen LogP contribution >= 0.6 is 0 Å². The fourth-order valence-electron chi connectivity index (χ4n) is 1.64. The number of hydrogen-bond acceptors (Lipinski definition) is 4. The lowest BCUT2D eigenvalue weighted by Gasteiger charge is -2.12. The smallest absolute Gasteiger partial charge is 0.296 e. The lowest BCUT2D eigenvalue weighted by molar-refractivity contribution is -0.384. The molecule has 5 heteroatoms. The third kappa shape index (κ3) is 2.67. The first-order valence-electron chi connectivity index (χ1n) is 5.60. The highest BCUT2D eigenvalue weighted by molar-refractivity contribution is 5.64. The summed E-state index contributed by atoms with van der Waals surface area (Å²) in [5.74, 6) is 0.500. The van der Waals surface area contributed by atoms with Crippen molar-refractivity contribution in [1.29, 1.82) is 0 Å². The molecule has 0 saturated heterocycles. The number of rotatable bonds is 5. The number of nitrogens with one attached hydrogen (secondary N) is 1. The Balaban J connectivity index is 2.16. The van der Waals surface area contributed by atoms with Crippen molar-refractivity contribution < 1.29 is 9.66 Å². The Labute approximate surface area is 99.9 Å². The molecule has 0 heterocycles. The van der Waals surface area contributed by atoms with Crippen molar-refractivity contribution in [3.63, 3.8) is 0 Å². The van der Waals surface area contributed by atoms with Crippen LogP contribution in [0.1, 0.15) is 19.8 Å². The van der Waals surface area contributed by atoms with E-state index < -0.39 is 0 Å². The molecular formula is C12H16N2O3. The highest BCUT2D eigenvalue weighted by Crippen LogP contribution is 2.45. The van der Waals surface area contributed by atoms with E-state index in [0.717, 1.165) is 6.54 Å². The molecule has 0 aromatic heterocycles. The van der Waals surface area contributed by atoms with Crippen molar-refractivity contribution in [2.45, 2.75) is 19.8 Å². The predicted molar refractivity (Wildman–Crippen MR) is 65.5 cm³/mol. The van der Waals surface area contributed by atoms with Crippen LogP contribution in [0.15, 0.2) is 18.2 Å². The summed E-state index contributed by atoms with van der Waals surface area (Å²) in [5.41, 5.74) is 0.936. The van der Waals surface area contributed by atoms with Gasteiger partial charge in [-0.1, -0.05) is 6.92 Å². The van der Waals surface area contributed by atoms with E-state index in [1.807, 2.05) is 0 Å². The number of anilines is 1. The number of benzene rings is 1. The van der Waals surface area contributed by atoms with Crippen LogP contribution in [0, 0.1) is 15.5 Å². The molecule has 0 aliphatic heterocycles. The average Bonchev–Trinajstić information content (AvgIpc) is 3.05. The summed E-state index contributed by atoms with van der Waals surface area (Å²) < 4.78 is 4.99. The minimum atomic E-state index is -0.389. The Morgan fingerprint density at radius 2 is 2.24 bits per heavy atom. The predicted octanol–water partition coefficient (Wildman–Crippen LogP) is 2.82. The van der Waals surface area contributed by atoms with Crippen molar-refractivity contribution in [1.82, 2.24) is 0 Å². The van der Waals surface area contributed by atoms with Gasteiger partial charge in [0, 0.05) is 6.54 Å². The molecule has 1 aromatic carbocycles. The van der Waals surface area contributed by atoms with Crippen LogP contribution in [0.3, 0.4) is 0 Å². The Bertz CT molecular complexity index is 441. The van der Waals surface area contributed by atoms with Crippen molar-refractivity contribution in [3.8, 4) is 5.75 Å². The highest BCUT2D eigenvalue weighted by Gasteiger charge is 2.37. The normalized spacial score (nSPS) is 16.4. The monoisotopic (exact) mass is 236 g/mol. The first-order chi connectivity index (χ1) is 8.04. The van der Waals surface area contributed by atoms with Crippen LogP contribution < -0.4 is 10.1 Å². The molecule has 1 saturated carbocycles. The van der Waals surface area contributed by atoms with E-state index in [9.17, 15) is 10.1 Å². The number of hydrogen-bond donors (Lipinski definition) is 1. The summed E-state index contributed by atoms with van der Waals surface area (Å²) in [6.07, 6.45) is 2.37. The summed E-state index contributed by atoms with van der Waals surface area (Å²) in [6, 6.07) is 4.87. The van der Waals surface area contributed by atoms with E-state index in [2.05, 4.69) is 12.2 Å². The lowest BCUT2D eigenvalue weighted by Crippen LogP contribution is -2.12. The second kappa shape index (κ2) is 4.24.